The molecule has 0 aliphatic rings. The molecule has 0 aliphatic heterocycles. The number of aryl methyl sites for hydroxylation is 1. The highest BCUT2D eigenvalue weighted by atomic mass is 16.5. The predicted molar refractivity (Wildman–Crippen MR) is 78.3 cm³/mol. The van der Waals surface area contributed by atoms with Crippen LogP contribution in [0.25, 0.3) is 0 Å². The Morgan fingerprint density at radius 2 is 1.63 bits per heavy atom. The molecule has 2 heteroatoms. The van der Waals surface area contributed by atoms with Crippen LogP contribution >= 0.6 is 0 Å². The minimum absolute atomic E-state index is 0.383. The highest BCUT2D eigenvalue weighted by Crippen LogP contribution is 2.35. The second-order valence-corrected chi connectivity index (χ2v) is 4.93. The Morgan fingerprint density at radius 3 is 2.21 bits per heavy atom. The van der Waals surface area contributed by atoms with Gasteiger partial charge in [-0.15, -0.1) is 0 Å². The van der Waals surface area contributed by atoms with E-state index in [-0.39, 0.29) is 0 Å². The van der Waals surface area contributed by atoms with Crippen LogP contribution in [0.3, 0.4) is 0 Å². The Hall–Kier alpha value is -1.96. The van der Waals surface area contributed by atoms with E-state index in [1.54, 1.807) is 7.11 Å². The average molecular weight is 256 g/mol. The number of methoxy groups -OCH3 is 1. The molecule has 2 nitrogen and oxygen atoms in total. The molecule has 0 bridgehead atoms. The molecule has 0 saturated carbocycles. The lowest BCUT2D eigenvalue weighted by Gasteiger charge is -2.17. The normalized spacial score (nSPS) is 10.6. The molecule has 0 saturated heterocycles. The van der Waals surface area contributed by atoms with Crippen molar-refractivity contribution in [1.29, 1.82) is 0 Å². The average Bonchev–Trinajstić information content (AvgIpc) is 2.39. The van der Waals surface area contributed by atoms with Gasteiger partial charge in [0.25, 0.3) is 0 Å². The second kappa shape index (κ2) is 5.79. The van der Waals surface area contributed by atoms with Crippen LogP contribution in [-0.4, -0.2) is 7.11 Å². The highest BCUT2D eigenvalue weighted by molar-refractivity contribution is 5.48. The molecule has 2 rings (SSSR count). The Balaban J connectivity index is 2.41. The van der Waals surface area contributed by atoms with Crippen LogP contribution in [0.15, 0.2) is 42.5 Å². The molecular formula is C17H20O2. The molecule has 0 aromatic heterocycles. The van der Waals surface area contributed by atoms with E-state index < -0.39 is 0 Å². The van der Waals surface area contributed by atoms with Gasteiger partial charge in [0.1, 0.15) is 17.2 Å². The smallest absolute Gasteiger partial charge is 0.131 e. The third-order valence-corrected chi connectivity index (χ3v) is 3.12. The van der Waals surface area contributed by atoms with E-state index in [4.69, 9.17) is 9.47 Å². The summed E-state index contributed by atoms with van der Waals surface area (Å²) in [5.74, 6) is 3.05. The van der Waals surface area contributed by atoms with Gasteiger partial charge >= 0.3 is 0 Å². The summed E-state index contributed by atoms with van der Waals surface area (Å²) in [5.41, 5.74) is 2.24. The molecule has 0 heterocycles. The van der Waals surface area contributed by atoms with Crippen LogP contribution in [0.1, 0.15) is 30.9 Å². The summed E-state index contributed by atoms with van der Waals surface area (Å²) in [4.78, 5) is 0. The van der Waals surface area contributed by atoms with Crippen molar-refractivity contribution < 1.29 is 9.47 Å². The van der Waals surface area contributed by atoms with E-state index in [9.17, 15) is 0 Å². The second-order valence-electron chi connectivity index (χ2n) is 4.93. The highest BCUT2D eigenvalue weighted by Gasteiger charge is 2.12. The van der Waals surface area contributed by atoms with Crippen LogP contribution in [0.2, 0.25) is 0 Å². The predicted octanol–water partition coefficient (Wildman–Crippen LogP) is 4.92. The number of rotatable bonds is 4. The SMILES string of the molecule is COc1cc(C(C)C)c(Oc2ccccc2)cc1C. The summed E-state index contributed by atoms with van der Waals surface area (Å²) >= 11 is 0. The first kappa shape index (κ1) is 13.5. The lowest BCUT2D eigenvalue weighted by Crippen LogP contribution is -1.97. The molecule has 2 aromatic carbocycles. The van der Waals surface area contributed by atoms with Crippen molar-refractivity contribution in [2.24, 2.45) is 0 Å². The van der Waals surface area contributed by atoms with Crippen molar-refractivity contribution in [3.05, 3.63) is 53.6 Å². The van der Waals surface area contributed by atoms with Crippen LogP contribution in [0, 0.1) is 6.92 Å². The van der Waals surface area contributed by atoms with Gasteiger partial charge in [0.15, 0.2) is 0 Å². The van der Waals surface area contributed by atoms with E-state index >= 15 is 0 Å². The topological polar surface area (TPSA) is 18.5 Å². The Morgan fingerprint density at radius 1 is 0.947 bits per heavy atom. The number of para-hydroxylation sites is 1. The fourth-order valence-electron chi connectivity index (χ4n) is 2.05. The monoisotopic (exact) mass is 256 g/mol. The summed E-state index contributed by atoms with van der Waals surface area (Å²) in [7, 11) is 1.70. The largest absolute Gasteiger partial charge is 0.496 e. The molecule has 0 atom stereocenters. The molecule has 0 unspecified atom stereocenters. The lowest BCUT2D eigenvalue weighted by atomic mass is 10.00. The molecule has 0 spiro atoms. The van der Waals surface area contributed by atoms with Gasteiger partial charge in [0.05, 0.1) is 7.11 Å². The zero-order valence-corrected chi connectivity index (χ0v) is 11.9. The van der Waals surface area contributed by atoms with Crippen molar-refractivity contribution >= 4 is 0 Å². The minimum Gasteiger partial charge on any atom is -0.496 e. The molecular weight excluding hydrogens is 236 g/mol. The number of hydrogen-bond donors (Lipinski definition) is 0. The van der Waals surface area contributed by atoms with E-state index in [0.29, 0.717) is 5.92 Å². The van der Waals surface area contributed by atoms with Crippen molar-refractivity contribution in [3.63, 3.8) is 0 Å². The number of ether oxygens (including phenoxy) is 2. The third-order valence-electron chi connectivity index (χ3n) is 3.12. The summed E-state index contributed by atoms with van der Waals surface area (Å²) in [6.07, 6.45) is 0. The summed E-state index contributed by atoms with van der Waals surface area (Å²) in [5, 5.41) is 0. The van der Waals surface area contributed by atoms with Crippen molar-refractivity contribution in [3.8, 4) is 17.2 Å². The number of benzene rings is 2. The fourth-order valence-corrected chi connectivity index (χ4v) is 2.05. The van der Waals surface area contributed by atoms with Crippen LogP contribution in [-0.2, 0) is 0 Å². The Labute approximate surface area is 115 Å². The van der Waals surface area contributed by atoms with Gasteiger partial charge in [-0.25, -0.2) is 0 Å². The van der Waals surface area contributed by atoms with Gasteiger partial charge in [-0.1, -0.05) is 32.0 Å². The molecule has 0 aliphatic carbocycles. The molecule has 0 radical (unpaired) electrons. The summed E-state index contributed by atoms with van der Waals surface area (Å²) in [6.45, 7) is 6.34. The van der Waals surface area contributed by atoms with E-state index in [0.717, 1.165) is 28.4 Å². The van der Waals surface area contributed by atoms with E-state index in [2.05, 4.69) is 19.9 Å². The quantitative estimate of drug-likeness (QED) is 0.773. The van der Waals surface area contributed by atoms with Crippen molar-refractivity contribution in [1.82, 2.24) is 0 Å². The van der Waals surface area contributed by atoms with Gasteiger partial charge in [-0.2, -0.15) is 0 Å². The first-order valence-corrected chi connectivity index (χ1v) is 6.53. The molecule has 0 N–H and O–H groups in total. The maximum absolute atomic E-state index is 6.00. The number of hydrogen-bond acceptors (Lipinski definition) is 2. The molecule has 0 fully saturated rings. The molecule has 100 valence electrons. The van der Waals surface area contributed by atoms with Gasteiger partial charge in [-0.05, 0) is 42.7 Å². The first-order valence-electron chi connectivity index (χ1n) is 6.53. The van der Waals surface area contributed by atoms with Crippen molar-refractivity contribution in [2.75, 3.05) is 7.11 Å². The molecule has 0 amide bonds. The van der Waals surface area contributed by atoms with Crippen LogP contribution in [0.5, 0.6) is 17.2 Å². The summed E-state index contributed by atoms with van der Waals surface area (Å²) in [6, 6.07) is 14.0. The lowest BCUT2D eigenvalue weighted by molar-refractivity contribution is 0.407. The zero-order valence-electron chi connectivity index (χ0n) is 11.9. The van der Waals surface area contributed by atoms with E-state index in [1.807, 2.05) is 43.3 Å². The molecule has 19 heavy (non-hydrogen) atoms. The standard InChI is InChI=1S/C17H20O2/c1-12(2)15-11-16(18-4)13(3)10-17(15)19-14-8-6-5-7-9-14/h5-12H,1-4H3. The van der Waals surface area contributed by atoms with Gasteiger partial charge in [0, 0.05) is 5.56 Å². The van der Waals surface area contributed by atoms with Gasteiger partial charge < -0.3 is 9.47 Å². The van der Waals surface area contributed by atoms with Gasteiger partial charge in [-0.3, -0.25) is 0 Å². The maximum Gasteiger partial charge on any atom is 0.131 e. The minimum atomic E-state index is 0.383. The zero-order chi connectivity index (χ0) is 13.8. The van der Waals surface area contributed by atoms with E-state index in [1.165, 1.54) is 0 Å². The Bertz CT molecular complexity index is 545. The summed E-state index contributed by atoms with van der Waals surface area (Å²) < 4.78 is 11.4. The first-order chi connectivity index (χ1) is 9.11. The van der Waals surface area contributed by atoms with Crippen molar-refractivity contribution in [2.45, 2.75) is 26.7 Å². The third kappa shape index (κ3) is 3.08. The fraction of sp³-hybridized carbons (Fsp3) is 0.294. The van der Waals surface area contributed by atoms with Gasteiger partial charge in [0.2, 0.25) is 0 Å². The maximum atomic E-state index is 6.00. The Kier molecular flexibility index (Phi) is 4.10. The van der Waals surface area contributed by atoms with Crippen LogP contribution < -0.4 is 9.47 Å². The van der Waals surface area contributed by atoms with Crippen LogP contribution in [0.4, 0.5) is 0 Å². The molecule has 2 aromatic rings.